The summed E-state index contributed by atoms with van der Waals surface area (Å²) in [6, 6.07) is 53.9. The highest BCUT2D eigenvalue weighted by Crippen LogP contribution is 2.56. The van der Waals surface area contributed by atoms with Gasteiger partial charge in [0.2, 0.25) is 0 Å². The van der Waals surface area contributed by atoms with E-state index >= 15 is 0 Å². The van der Waals surface area contributed by atoms with Gasteiger partial charge in [-0.2, -0.15) is 0 Å². The Bertz CT molecular complexity index is 2190. The Morgan fingerprint density at radius 2 is 1.14 bits per heavy atom. The maximum Gasteiger partial charge on any atom is 0.0938 e. The lowest BCUT2D eigenvalue weighted by Crippen LogP contribution is -2.29. The summed E-state index contributed by atoms with van der Waals surface area (Å²) in [7, 11) is 2.12. The SMILES string of the molecule is CN1C=CN(c2cccc(C3(c4ccc5c6ccccc6n(-c6ccccc6)c5c4)c4ccccc4-c4ccccc43)c2)C1. The van der Waals surface area contributed by atoms with Gasteiger partial charge in [-0.3, -0.25) is 0 Å². The second kappa shape index (κ2) is 9.48. The molecule has 0 saturated heterocycles. The number of benzene rings is 6. The fraction of sp³-hybridized carbons (Fsp3) is 0.0732. The van der Waals surface area contributed by atoms with Gasteiger partial charge in [-0.1, -0.05) is 109 Å². The van der Waals surface area contributed by atoms with Crippen molar-refractivity contribution in [2.75, 3.05) is 18.6 Å². The molecule has 3 heteroatoms. The third-order valence-corrected chi connectivity index (χ3v) is 9.56. The van der Waals surface area contributed by atoms with Gasteiger partial charge in [-0.05, 0) is 69.8 Å². The largest absolute Gasteiger partial charge is 0.361 e. The minimum atomic E-state index is -0.481. The van der Waals surface area contributed by atoms with E-state index < -0.39 is 5.41 Å². The first-order valence-corrected chi connectivity index (χ1v) is 15.3. The zero-order valence-electron chi connectivity index (χ0n) is 24.6. The van der Waals surface area contributed by atoms with Gasteiger partial charge < -0.3 is 14.4 Å². The maximum atomic E-state index is 2.46. The third kappa shape index (κ3) is 3.44. The molecule has 0 bridgehead atoms. The van der Waals surface area contributed by atoms with Crippen LogP contribution < -0.4 is 4.90 Å². The Labute approximate surface area is 257 Å². The Balaban J connectivity index is 1.39. The normalized spacial score (nSPS) is 14.8. The Morgan fingerprint density at radius 1 is 0.500 bits per heavy atom. The number of para-hydroxylation sites is 2. The molecule has 2 aliphatic rings. The van der Waals surface area contributed by atoms with Gasteiger partial charge >= 0.3 is 0 Å². The highest BCUT2D eigenvalue weighted by Gasteiger charge is 2.46. The molecule has 0 atom stereocenters. The van der Waals surface area contributed by atoms with Crippen LogP contribution in [0.15, 0.2) is 158 Å². The number of aromatic nitrogens is 1. The molecule has 210 valence electrons. The minimum Gasteiger partial charge on any atom is -0.361 e. The molecule has 3 nitrogen and oxygen atoms in total. The van der Waals surface area contributed by atoms with Gasteiger partial charge in [0.1, 0.15) is 0 Å². The Morgan fingerprint density at radius 3 is 1.89 bits per heavy atom. The summed E-state index contributed by atoms with van der Waals surface area (Å²) in [6.07, 6.45) is 4.31. The maximum absolute atomic E-state index is 2.46. The number of hydrogen-bond donors (Lipinski definition) is 0. The average Bonchev–Trinajstić information content (AvgIpc) is 3.76. The van der Waals surface area contributed by atoms with E-state index in [1.807, 2.05) is 0 Å². The van der Waals surface area contributed by atoms with Crippen LogP contribution in [0, 0.1) is 0 Å². The molecule has 1 aliphatic heterocycles. The van der Waals surface area contributed by atoms with E-state index in [1.54, 1.807) is 0 Å². The molecule has 0 radical (unpaired) electrons. The van der Waals surface area contributed by atoms with Gasteiger partial charge in [0.25, 0.3) is 0 Å². The number of rotatable bonds is 4. The van der Waals surface area contributed by atoms with E-state index in [2.05, 4.69) is 179 Å². The van der Waals surface area contributed by atoms with Crippen LogP contribution in [-0.2, 0) is 5.41 Å². The predicted octanol–water partition coefficient (Wildman–Crippen LogP) is 9.33. The zero-order valence-corrected chi connectivity index (χ0v) is 24.6. The van der Waals surface area contributed by atoms with Crippen molar-refractivity contribution in [3.05, 3.63) is 180 Å². The fourth-order valence-electron chi connectivity index (χ4n) is 7.70. The van der Waals surface area contributed by atoms with Gasteiger partial charge in [-0.25, -0.2) is 0 Å². The highest BCUT2D eigenvalue weighted by atomic mass is 15.3. The van der Waals surface area contributed by atoms with Gasteiger partial charge in [-0.15, -0.1) is 0 Å². The molecule has 0 N–H and O–H groups in total. The quantitative estimate of drug-likeness (QED) is 0.211. The molecule has 1 aromatic heterocycles. The van der Waals surface area contributed by atoms with Crippen molar-refractivity contribution in [3.63, 3.8) is 0 Å². The molecule has 0 amide bonds. The lowest BCUT2D eigenvalue weighted by molar-refractivity contribution is 0.495. The number of fused-ring (bicyclic) bond motifs is 6. The van der Waals surface area contributed by atoms with Gasteiger partial charge in [0.05, 0.1) is 23.1 Å². The summed E-state index contributed by atoms with van der Waals surface area (Å²) in [4.78, 5) is 4.53. The molecule has 0 saturated carbocycles. The van der Waals surface area contributed by atoms with Crippen molar-refractivity contribution < 1.29 is 0 Å². The lowest BCUT2D eigenvalue weighted by Gasteiger charge is -2.34. The topological polar surface area (TPSA) is 11.4 Å². The van der Waals surface area contributed by atoms with Gasteiger partial charge in [0, 0.05) is 41.6 Å². The first-order valence-electron chi connectivity index (χ1n) is 15.3. The molecule has 0 fully saturated rings. The molecule has 7 aromatic rings. The first-order chi connectivity index (χ1) is 21.7. The molecular weight excluding hydrogens is 534 g/mol. The van der Waals surface area contributed by atoms with Crippen LogP contribution in [0.5, 0.6) is 0 Å². The van der Waals surface area contributed by atoms with Crippen LogP contribution in [0.3, 0.4) is 0 Å². The van der Waals surface area contributed by atoms with Gasteiger partial charge in [0.15, 0.2) is 0 Å². The van der Waals surface area contributed by atoms with Crippen LogP contribution in [0.25, 0.3) is 38.6 Å². The molecule has 6 aromatic carbocycles. The van der Waals surface area contributed by atoms with E-state index in [1.165, 1.54) is 66.6 Å². The van der Waals surface area contributed by atoms with Crippen LogP contribution in [-0.4, -0.2) is 23.2 Å². The molecule has 2 heterocycles. The first kappa shape index (κ1) is 25.0. The van der Waals surface area contributed by atoms with Crippen LogP contribution >= 0.6 is 0 Å². The van der Waals surface area contributed by atoms with Crippen molar-refractivity contribution in [1.82, 2.24) is 9.47 Å². The van der Waals surface area contributed by atoms with E-state index in [0.29, 0.717) is 0 Å². The number of hydrogen-bond acceptors (Lipinski definition) is 2. The van der Waals surface area contributed by atoms with Crippen molar-refractivity contribution in [2.45, 2.75) is 5.41 Å². The van der Waals surface area contributed by atoms with E-state index in [0.717, 1.165) is 6.67 Å². The standard InChI is InChI=1S/C41H31N3/c1-42-24-25-43(28-42)32-15-11-12-29(26-32)41(37-19-8-5-16-33(37)34-17-6-9-20-38(34)41)30-22-23-36-35-18-7-10-21-39(35)44(40(36)27-30)31-13-3-2-4-14-31/h2-27H,28H2,1H3. The monoisotopic (exact) mass is 565 g/mol. The minimum absolute atomic E-state index is 0.481. The second-order valence-electron chi connectivity index (χ2n) is 12.0. The Kier molecular flexibility index (Phi) is 5.39. The van der Waals surface area contributed by atoms with Crippen LogP contribution in [0.4, 0.5) is 5.69 Å². The smallest absolute Gasteiger partial charge is 0.0938 e. The predicted molar refractivity (Wildman–Crippen MR) is 182 cm³/mol. The zero-order chi connectivity index (χ0) is 29.3. The van der Waals surface area contributed by atoms with E-state index in [-0.39, 0.29) is 0 Å². The fourth-order valence-corrected chi connectivity index (χ4v) is 7.70. The molecule has 0 spiro atoms. The number of anilines is 1. The third-order valence-electron chi connectivity index (χ3n) is 9.56. The summed E-state index contributed by atoms with van der Waals surface area (Å²) in [5, 5.41) is 2.54. The summed E-state index contributed by atoms with van der Waals surface area (Å²) in [5.41, 5.74) is 12.1. The molecular formula is C41H31N3. The summed E-state index contributed by atoms with van der Waals surface area (Å²) >= 11 is 0. The Hall–Kier alpha value is -5.54. The molecule has 0 unspecified atom stereocenters. The summed E-state index contributed by atoms with van der Waals surface area (Å²) in [6.45, 7) is 0.840. The lowest BCUT2D eigenvalue weighted by atomic mass is 9.67. The average molecular weight is 566 g/mol. The van der Waals surface area contributed by atoms with Crippen molar-refractivity contribution in [1.29, 1.82) is 0 Å². The van der Waals surface area contributed by atoms with Crippen LogP contribution in [0.2, 0.25) is 0 Å². The molecule has 44 heavy (non-hydrogen) atoms. The van der Waals surface area contributed by atoms with Crippen molar-refractivity contribution in [2.24, 2.45) is 0 Å². The van der Waals surface area contributed by atoms with Crippen LogP contribution in [0.1, 0.15) is 22.3 Å². The van der Waals surface area contributed by atoms with E-state index in [4.69, 9.17) is 0 Å². The second-order valence-corrected chi connectivity index (χ2v) is 12.0. The van der Waals surface area contributed by atoms with Crippen molar-refractivity contribution >= 4 is 27.5 Å². The molecule has 1 aliphatic carbocycles. The van der Waals surface area contributed by atoms with E-state index in [9.17, 15) is 0 Å². The number of nitrogens with zero attached hydrogens (tertiary/aromatic N) is 3. The summed E-state index contributed by atoms with van der Waals surface area (Å²) in [5.74, 6) is 0. The van der Waals surface area contributed by atoms with Crippen molar-refractivity contribution in [3.8, 4) is 16.8 Å². The highest BCUT2D eigenvalue weighted by molar-refractivity contribution is 6.09. The molecule has 9 rings (SSSR count). The summed E-state index contributed by atoms with van der Waals surface area (Å²) < 4.78 is 2.43.